The highest BCUT2D eigenvalue weighted by atomic mass is 16.6. The van der Waals surface area contributed by atoms with Crippen LogP contribution in [0.25, 0.3) is 0 Å². The first-order valence-corrected chi connectivity index (χ1v) is 5.55. The number of nitro groups is 1. The number of ether oxygens (including phenoxy) is 2. The monoisotopic (exact) mass is 266 g/mol. The molecule has 0 aliphatic carbocycles. The number of nitrogens with zero attached hydrogens (tertiary/aromatic N) is 2. The van der Waals surface area contributed by atoms with Gasteiger partial charge >= 0.3 is 11.8 Å². The number of carbonyl (C=O) groups is 1. The highest BCUT2D eigenvalue weighted by Crippen LogP contribution is 2.24. The van der Waals surface area contributed by atoms with Gasteiger partial charge in [-0.15, -0.1) is 0 Å². The van der Waals surface area contributed by atoms with E-state index in [9.17, 15) is 14.9 Å². The Balaban J connectivity index is 2.75. The van der Waals surface area contributed by atoms with Gasteiger partial charge in [-0.1, -0.05) is 6.58 Å². The predicted molar refractivity (Wildman–Crippen MR) is 66.9 cm³/mol. The highest BCUT2D eigenvalue weighted by molar-refractivity contribution is 5.88. The summed E-state index contributed by atoms with van der Waals surface area (Å²) in [6.07, 6.45) is 0. The number of rotatable bonds is 6. The van der Waals surface area contributed by atoms with E-state index in [1.54, 1.807) is 19.9 Å². The SMILES string of the molecule is C=C(COc1ccc(C)nc1[N+](=O)[O-])C(=O)OCC. The molecule has 0 radical (unpaired) electrons. The van der Waals surface area contributed by atoms with Crippen LogP contribution in [0.3, 0.4) is 0 Å². The third kappa shape index (κ3) is 4.06. The molecule has 1 heterocycles. The molecule has 0 N–H and O–H groups in total. The zero-order valence-electron chi connectivity index (χ0n) is 10.7. The van der Waals surface area contributed by atoms with E-state index in [-0.39, 0.29) is 24.5 Å². The Bertz CT molecular complexity index is 513. The fourth-order valence-corrected chi connectivity index (χ4v) is 1.23. The van der Waals surface area contributed by atoms with Crippen molar-refractivity contribution in [3.05, 3.63) is 40.1 Å². The molecule has 0 bridgehead atoms. The lowest BCUT2D eigenvalue weighted by Crippen LogP contribution is -2.13. The fraction of sp³-hybridized carbons (Fsp3) is 0.333. The zero-order valence-corrected chi connectivity index (χ0v) is 10.7. The van der Waals surface area contributed by atoms with Gasteiger partial charge in [-0.3, -0.25) is 0 Å². The molecule has 19 heavy (non-hydrogen) atoms. The third-order valence-electron chi connectivity index (χ3n) is 2.12. The van der Waals surface area contributed by atoms with Crippen LogP contribution in [0.15, 0.2) is 24.3 Å². The molecule has 0 unspecified atom stereocenters. The van der Waals surface area contributed by atoms with Gasteiger partial charge in [0, 0.05) is 6.92 Å². The van der Waals surface area contributed by atoms with Gasteiger partial charge < -0.3 is 19.6 Å². The number of hydrogen-bond donors (Lipinski definition) is 0. The Morgan fingerprint density at radius 2 is 2.21 bits per heavy atom. The van der Waals surface area contributed by atoms with Crippen molar-refractivity contribution < 1.29 is 19.2 Å². The molecule has 7 heteroatoms. The van der Waals surface area contributed by atoms with Crippen LogP contribution in [0.1, 0.15) is 12.6 Å². The molecule has 0 saturated heterocycles. The van der Waals surface area contributed by atoms with Gasteiger partial charge in [-0.05, 0) is 29.0 Å². The topological polar surface area (TPSA) is 91.6 Å². The quantitative estimate of drug-likeness (QED) is 0.337. The van der Waals surface area contributed by atoms with E-state index in [1.165, 1.54) is 6.07 Å². The van der Waals surface area contributed by atoms with E-state index in [2.05, 4.69) is 11.6 Å². The summed E-state index contributed by atoms with van der Waals surface area (Å²) in [5, 5.41) is 10.8. The summed E-state index contributed by atoms with van der Waals surface area (Å²) in [5.41, 5.74) is 0.583. The van der Waals surface area contributed by atoms with E-state index in [4.69, 9.17) is 9.47 Å². The van der Waals surface area contributed by atoms with Gasteiger partial charge in [0.05, 0.1) is 12.2 Å². The van der Waals surface area contributed by atoms with Crippen LogP contribution in [0.5, 0.6) is 5.75 Å². The van der Waals surface area contributed by atoms with Gasteiger partial charge in [0.25, 0.3) is 0 Å². The Labute approximate surface area is 110 Å². The number of esters is 1. The highest BCUT2D eigenvalue weighted by Gasteiger charge is 2.18. The summed E-state index contributed by atoms with van der Waals surface area (Å²) in [7, 11) is 0. The lowest BCUT2D eigenvalue weighted by atomic mass is 10.3. The minimum absolute atomic E-state index is 0.0129. The van der Waals surface area contributed by atoms with Crippen molar-refractivity contribution in [2.75, 3.05) is 13.2 Å². The van der Waals surface area contributed by atoms with Gasteiger partial charge in [-0.25, -0.2) is 4.79 Å². The molecule has 0 fully saturated rings. The second-order valence-electron chi connectivity index (χ2n) is 3.64. The van der Waals surface area contributed by atoms with Crippen LogP contribution in [0.4, 0.5) is 5.82 Å². The van der Waals surface area contributed by atoms with E-state index in [1.807, 2.05) is 0 Å². The average Bonchev–Trinajstić information content (AvgIpc) is 2.36. The smallest absolute Gasteiger partial charge is 0.406 e. The van der Waals surface area contributed by atoms with Crippen LogP contribution < -0.4 is 4.74 Å². The molecule has 0 amide bonds. The van der Waals surface area contributed by atoms with E-state index in [0.29, 0.717) is 5.69 Å². The van der Waals surface area contributed by atoms with Gasteiger partial charge in [-0.2, -0.15) is 0 Å². The largest absolute Gasteiger partial charge is 0.481 e. The first-order valence-electron chi connectivity index (χ1n) is 5.55. The summed E-state index contributed by atoms with van der Waals surface area (Å²) in [5.74, 6) is -0.997. The number of aromatic nitrogens is 1. The van der Waals surface area contributed by atoms with Crippen molar-refractivity contribution in [3.63, 3.8) is 0 Å². The Morgan fingerprint density at radius 1 is 1.53 bits per heavy atom. The molecule has 0 spiro atoms. The molecular weight excluding hydrogens is 252 g/mol. The Hall–Kier alpha value is -2.44. The molecular formula is C12H14N2O5. The minimum atomic E-state index is -0.643. The van der Waals surface area contributed by atoms with Crippen molar-refractivity contribution >= 4 is 11.8 Å². The second-order valence-corrected chi connectivity index (χ2v) is 3.64. The molecule has 0 saturated carbocycles. The van der Waals surface area contributed by atoms with Crippen LogP contribution in [-0.2, 0) is 9.53 Å². The molecule has 102 valence electrons. The first kappa shape index (κ1) is 14.6. The molecule has 0 aromatic carbocycles. The van der Waals surface area contributed by atoms with Gasteiger partial charge in [0.2, 0.25) is 5.75 Å². The van der Waals surface area contributed by atoms with Gasteiger partial charge in [0.15, 0.2) is 0 Å². The molecule has 1 rings (SSSR count). The van der Waals surface area contributed by atoms with Crippen LogP contribution in [-0.4, -0.2) is 29.1 Å². The summed E-state index contributed by atoms with van der Waals surface area (Å²) in [4.78, 5) is 25.2. The van der Waals surface area contributed by atoms with Crippen molar-refractivity contribution in [1.82, 2.24) is 4.98 Å². The maximum Gasteiger partial charge on any atom is 0.406 e. The van der Waals surface area contributed by atoms with Crippen molar-refractivity contribution in [1.29, 1.82) is 0 Å². The summed E-state index contributed by atoms with van der Waals surface area (Å²) < 4.78 is 9.90. The van der Waals surface area contributed by atoms with Crippen LogP contribution >= 0.6 is 0 Å². The van der Waals surface area contributed by atoms with Crippen molar-refractivity contribution in [2.45, 2.75) is 13.8 Å². The average molecular weight is 266 g/mol. The number of carbonyl (C=O) groups excluding carboxylic acids is 1. The lowest BCUT2D eigenvalue weighted by molar-refractivity contribution is -0.390. The maximum atomic E-state index is 11.3. The molecule has 7 nitrogen and oxygen atoms in total. The maximum absolute atomic E-state index is 11.3. The number of pyridine rings is 1. The molecule has 0 aliphatic rings. The minimum Gasteiger partial charge on any atom is -0.481 e. The zero-order chi connectivity index (χ0) is 14.4. The predicted octanol–water partition coefficient (Wildman–Crippen LogP) is 1.80. The van der Waals surface area contributed by atoms with E-state index in [0.717, 1.165) is 0 Å². The number of aryl methyl sites for hydroxylation is 1. The molecule has 0 aliphatic heterocycles. The second kappa shape index (κ2) is 6.48. The normalized spacial score (nSPS) is 9.79. The van der Waals surface area contributed by atoms with Crippen molar-refractivity contribution in [2.24, 2.45) is 0 Å². The van der Waals surface area contributed by atoms with Crippen LogP contribution in [0.2, 0.25) is 0 Å². The summed E-state index contributed by atoms with van der Waals surface area (Å²) in [6, 6.07) is 3.01. The Kier molecular flexibility index (Phi) is 4.99. The van der Waals surface area contributed by atoms with E-state index >= 15 is 0 Å². The molecule has 0 atom stereocenters. The van der Waals surface area contributed by atoms with Crippen LogP contribution in [0, 0.1) is 17.0 Å². The summed E-state index contributed by atoms with van der Waals surface area (Å²) in [6.45, 7) is 6.83. The lowest BCUT2D eigenvalue weighted by Gasteiger charge is -2.08. The Morgan fingerprint density at radius 3 is 2.79 bits per heavy atom. The number of hydrogen-bond acceptors (Lipinski definition) is 6. The summed E-state index contributed by atoms with van der Waals surface area (Å²) >= 11 is 0. The van der Waals surface area contributed by atoms with Crippen molar-refractivity contribution in [3.8, 4) is 5.75 Å². The third-order valence-corrected chi connectivity index (χ3v) is 2.12. The van der Waals surface area contributed by atoms with Gasteiger partial charge in [0.1, 0.15) is 12.3 Å². The first-order chi connectivity index (χ1) is 8.95. The fourth-order valence-electron chi connectivity index (χ4n) is 1.23. The standard InChI is InChI=1S/C12H14N2O5/c1-4-18-12(15)8(2)7-19-10-6-5-9(3)13-11(10)14(16)17/h5-6H,2,4,7H2,1,3H3. The molecule has 1 aromatic rings. The molecule has 1 aromatic heterocycles. The van der Waals surface area contributed by atoms with E-state index < -0.39 is 16.7 Å².